The minimum Gasteiger partial charge on any atom is -0.378 e. The second kappa shape index (κ2) is 7.93. The van der Waals surface area contributed by atoms with Crippen LogP contribution in [0.1, 0.15) is 36.0 Å². The highest BCUT2D eigenvalue weighted by Crippen LogP contribution is 2.09. The Kier molecular flexibility index (Phi) is 6.51. The average molecular weight is 266 g/mol. The number of carbonyl (C=O) groups is 1. The number of Topliss-reactive ketones (excluding diaryl/α,β-unsaturated/α-hetero) is 1. The third-order valence-electron chi connectivity index (χ3n) is 3.11. The van der Waals surface area contributed by atoms with Gasteiger partial charge in [0.15, 0.2) is 5.78 Å². The first-order chi connectivity index (χ1) is 8.36. The fourth-order valence-electron chi connectivity index (χ4n) is 2.12. The van der Waals surface area contributed by atoms with Crippen LogP contribution in [0.5, 0.6) is 0 Å². The molecule has 0 aromatic heterocycles. The van der Waals surface area contributed by atoms with Crippen molar-refractivity contribution in [3.63, 3.8) is 0 Å². The number of hydrogen-bond donors (Lipinski definition) is 0. The summed E-state index contributed by atoms with van der Waals surface area (Å²) >= 11 is 0. The fraction of sp³-hybridized carbons (Fsp3) is 0.400. The van der Waals surface area contributed by atoms with Crippen LogP contribution in [0.2, 0.25) is 0 Å². The molecule has 1 aliphatic rings. The van der Waals surface area contributed by atoms with Gasteiger partial charge in [0.2, 0.25) is 0 Å². The van der Waals surface area contributed by atoms with Gasteiger partial charge in [-0.05, 0) is 25.5 Å². The van der Waals surface area contributed by atoms with Crippen LogP contribution in [0.25, 0.3) is 0 Å². The Morgan fingerprint density at radius 2 is 1.78 bits per heavy atom. The molecule has 1 aromatic rings. The molecule has 1 saturated heterocycles. The van der Waals surface area contributed by atoms with E-state index in [4.69, 9.17) is 0 Å². The van der Waals surface area contributed by atoms with E-state index < -0.39 is 0 Å². The molecule has 2 rings (SSSR count). The Morgan fingerprint density at radius 1 is 1.11 bits per heavy atom. The Morgan fingerprint density at radius 3 is 2.44 bits per heavy atom. The molecule has 1 aliphatic heterocycles. The Hall–Kier alpha value is -1.28. The van der Waals surface area contributed by atoms with Gasteiger partial charge in [-0.1, -0.05) is 36.4 Å². The number of piperidine rings is 1. The number of likely N-dealkylation sites (tertiary alicyclic amines) is 1. The summed E-state index contributed by atoms with van der Waals surface area (Å²) < 4.78 is 0. The number of ketones is 1. The summed E-state index contributed by atoms with van der Waals surface area (Å²) in [5, 5.41) is 0. The van der Waals surface area contributed by atoms with Crippen molar-refractivity contribution in [2.45, 2.75) is 25.7 Å². The highest BCUT2D eigenvalue weighted by Gasteiger charge is 2.06. The summed E-state index contributed by atoms with van der Waals surface area (Å²) in [5.41, 5.74) is 0.802. The Balaban J connectivity index is 0.00000162. The number of benzene rings is 1. The molecule has 3 heteroatoms. The summed E-state index contributed by atoms with van der Waals surface area (Å²) in [6, 6.07) is 9.48. The highest BCUT2D eigenvalue weighted by atomic mass is 35.5. The predicted octanol–water partition coefficient (Wildman–Crippen LogP) is 3.68. The standard InChI is InChI=1S/C15H19NO.ClH/c17-15(14-8-3-1-4-9-14)10-7-13-16-11-5-2-6-12-16;/h1,3-4,7-9,13H,2,5-6,10-12H2;1H. The van der Waals surface area contributed by atoms with E-state index in [1.54, 1.807) is 0 Å². The van der Waals surface area contributed by atoms with Gasteiger partial charge in [-0.3, -0.25) is 4.79 Å². The molecule has 2 nitrogen and oxygen atoms in total. The minimum absolute atomic E-state index is 0. The molecule has 0 radical (unpaired) electrons. The van der Waals surface area contributed by atoms with E-state index >= 15 is 0 Å². The molecule has 0 atom stereocenters. The molecule has 1 aromatic carbocycles. The van der Waals surface area contributed by atoms with Crippen molar-refractivity contribution in [2.24, 2.45) is 0 Å². The number of halogens is 1. The molecule has 1 fully saturated rings. The predicted molar refractivity (Wildman–Crippen MR) is 77.2 cm³/mol. The first-order valence-corrected chi connectivity index (χ1v) is 6.35. The Bertz CT molecular complexity index is 383. The quantitative estimate of drug-likeness (QED) is 0.774. The molecule has 0 saturated carbocycles. The molecule has 0 aliphatic carbocycles. The monoisotopic (exact) mass is 265 g/mol. The second-order valence-electron chi connectivity index (χ2n) is 4.47. The maximum atomic E-state index is 11.8. The zero-order valence-electron chi connectivity index (χ0n) is 10.5. The van der Waals surface area contributed by atoms with Gasteiger partial charge < -0.3 is 4.90 Å². The van der Waals surface area contributed by atoms with Gasteiger partial charge in [0.05, 0.1) is 0 Å². The van der Waals surface area contributed by atoms with Crippen molar-refractivity contribution in [3.05, 3.63) is 48.2 Å². The van der Waals surface area contributed by atoms with Crippen LogP contribution in [0, 0.1) is 0 Å². The lowest BCUT2D eigenvalue weighted by molar-refractivity contribution is 0.0995. The topological polar surface area (TPSA) is 20.3 Å². The van der Waals surface area contributed by atoms with Crippen molar-refractivity contribution in [1.29, 1.82) is 0 Å². The van der Waals surface area contributed by atoms with Crippen molar-refractivity contribution in [2.75, 3.05) is 13.1 Å². The third-order valence-corrected chi connectivity index (χ3v) is 3.11. The zero-order valence-corrected chi connectivity index (χ0v) is 11.4. The number of allylic oxidation sites excluding steroid dienone is 1. The molecular weight excluding hydrogens is 246 g/mol. The summed E-state index contributed by atoms with van der Waals surface area (Å²) in [5.74, 6) is 0.193. The van der Waals surface area contributed by atoms with Gasteiger partial charge in [0, 0.05) is 25.1 Å². The van der Waals surface area contributed by atoms with Crippen LogP contribution < -0.4 is 0 Å². The van der Waals surface area contributed by atoms with Crippen LogP contribution in [-0.2, 0) is 0 Å². The molecule has 98 valence electrons. The first kappa shape index (κ1) is 14.8. The molecular formula is C15H20ClNO. The van der Waals surface area contributed by atoms with E-state index in [1.165, 1.54) is 19.3 Å². The maximum Gasteiger partial charge on any atom is 0.166 e. The molecule has 0 N–H and O–H groups in total. The largest absolute Gasteiger partial charge is 0.378 e. The van der Waals surface area contributed by atoms with E-state index in [0.717, 1.165) is 18.7 Å². The van der Waals surface area contributed by atoms with Gasteiger partial charge in [-0.15, -0.1) is 12.4 Å². The number of rotatable bonds is 4. The Labute approximate surface area is 115 Å². The maximum absolute atomic E-state index is 11.8. The van der Waals surface area contributed by atoms with Crippen molar-refractivity contribution < 1.29 is 4.79 Å². The van der Waals surface area contributed by atoms with Gasteiger partial charge >= 0.3 is 0 Å². The molecule has 0 bridgehead atoms. The van der Waals surface area contributed by atoms with E-state index in [0.29, 0.717) is 6.42 Å². The highest BCUT2D eigenvalue weighted by molar-refractivity contribution is 5.96. The number of carbonyl (C=O) groups excluding carboxylic acids is 1. The molecule has 18 heavy (non-hydrogen) atoms. The molecule has 0 unspecified atom stereocenters. The minimum atomic E-state index is 0. The summed E-state index contributed by atoms with van der Waals surface area (Å²) in [7, 11) is 0. The van der Waals surface area contributed by atoms with Crippen LogP contribution in [0.15, 0.2) is 42.6 Å². The summed E-state index contributed by atoms with van der Waals surface area (Å²) in [4.78, 5) is 14.1. The average Bonchev–Trinajstić information content (AvgIpc) is 2.41. The van der Waals surface area contributed by atoms with E-state index in [2.05, 4.69) is 11.1 Å². The number of nitrogens with zero attached hydrogens (tertiary/aromatic N) is 1. The smallest absolute Gasteiger partial charge is 0.166 e. The van der Waals surface area contributed by atoms with Gasteiger partial charge in [-0.25, -0.2) is 0 Å². The van der Waals surface area contributed by atoms with Crippen LogP contribution in [0.3, 0.4) is 0 Å². The van der Waals surface area contributed by atoms with Crippen molar-refractivity contribution >= 4 is 18.2 Å². The van der Waals surface area contributed by atoms with Crippen LogP contribution in [0.4, 0.5) is 0 Å². The van der Waals surface area contributed by atoms with E-state index in [9.17, 15) is 4.79 Å². The molecule has 1 heterocycles. The molecule has 0 spiro atoms. The first-order valence-electron chi connectivity index (χ1n) is 6.35. The zero-order chi connectivity index (χ0) is 11.9. The van der Waals surface area contributed by atoms with Gasteiger partial charge in [-0.2, -0.15) is 0 Å². The summed E-state index contributed by atoms with van der Waals surface area (Å²) in [6.45, 7) is 2.27. The lowest BCUT2D eigenvalue weighted by Crippen LogP contribution is -2.24. The normalized spacial score (nSPS) is 15.4. The van der Waals surface area contributed by atoms with E-state index in [-0.39, 0.29) is 18.2 Å². The lowest BCUT2D eigenvalue weighted by atomic mass is 10.1. The molecule has 0 amide bonds. The van der Waals surface area contributed by atoms with Crippen molar-refractivity contribution in [1.82, 2.24) is 4.90 Å². The van der Waals surface area contributed by atoms with Crippen LogP contribution in [-0.4, -0.2) is 23.8 Å². The lowest BCUT2D eigenvalue weighted by Gasteiger charge is -2.24. The third kappa shape index (κ3) is 4.53. The van der Waals surface area contributed by atoms with E-state index in [1.807, 2.05) is 36.4 Å². The SMILES string of the molecule is Cl.O=C(CC=CN1CCCCC1)c1ccccc1. The van der Waals surface area contributed by atoms with Crippen LogP contribution >= 0.6 is 12.4 Å². The number of hydrogen-bond acceptors (Lipinski definition) is 2. The van der Waals surface area contributed by atoms with Gasteiger partial charge in [0.1, 0.15) is 0 Å². The van der Waals surface area contributed by atoms with Gasteiger partial charge in [0.25, 0.3) is 0 Å². The second-order valence-corrected chi connectivity index (χ2v) is 4.47. The van der Waals surface area contributed by atoms with Crippen molar-refractivity contribution in [3.8, 4) is 0 Å². The summed E-state index contributed by atoms with van der Waals surface area (Å²) in [6.07, 6.45) is 8.46. The fourth-order valence-corrected chi connectivity index (χ4v) is 2.12.